The first-order valence-electron chi connectivity index (χ1n) is 5.98. The van der Waals surface area contributed by atoms with Crippen molar-refractivity contribution in [2.75, 3.05) is 5.32 Å². The van der Waals surface area contributed by atoms with Gasteiger partial charge in [-0.05, 0) is 55.3 Å². The van der Waals surface area contributed by atoms with E-state index in [0.29, 0.717) is 5.56 Å². The molecule has 0 radical (unpaired) electrons. The first-order chi connectivity index (χ1) is 8.95. The van der Waals surface area contributed by atoms with E-state index < -0.39 is 11.6 Å². The monoisotopic (exact) mass is 263 g/mol. The van der Waals surface area contributed by atoms with E-state index in [9.17, 15) is 13.9 Å². The number of hydrogen-bond acceptors (Lipinski definition) is 2. The summed E-state index contributed by atoms with van der Waals surface area (Å²) in [7, 11) is 0. The van der Waals surface area contributed by atoms with E-state index >= 15 is 0 Å². The van der Waals surface area contributed by atoms with Gasteiger partial charge in [-0.3, -0.25) is 0 Å². The Morgan fingerprint density at radius 1 is 1.05 bits per heavy atom. The average Bonchev–Trinajstić information content (AvgIpc) is 2.31. The summed E-state index contributed by atoms with van der Waals surface area (Å²) in [6.45, 7) is 3.67. The van der Waals surface area contributed by atoms with Crippen molar-refractivity contribution in [3.63, 3.8) is 0 Å². The van der Waals surface area contributed by atoms with Gasteiger partial charge in [-0.15, -0.1) is 0 Å². The fourth-order valence-electron chi connectivity index (χ4n) is 1.95. The minimum Gasteiger partial charge on any atom is -0.508 e. The highest BCUT2D eigenvalue weighted by Crippen LogP contribution is 2.25. The van der Waals surface area contributed by atoms with Gasteiger partial charge in [0.1, 0.15) is 17.4 Å². The number of nitrogens with one attached hydrogen (secondary N) is 1. The molecule has 19 heavy (non-hydrogen) atoms. The van der Waals surface area contributed by atoms with E-state index in [2.05, 4.69) is 5.32 Å². The summed E-state index contributed by atoms with van der Waals surface area (Å²) in [5, 5.41) is 12.5. The molecular weight excluding hydrogens is 248 g/mol. The largest absolute Gasteiger partial charge is 0.508 e. The van der Waals surface area contributed by atoms with Crippen LogP contribution in [0, 0.1) is 18.6 Å². The van der Waals surface area contributed by atoms with Crippen molar-refractivity contribution in [2.24, 2.45) is 0 Å². The minimum absolute atomic E-state index is 0.188. The van der Waals surface area contributed by atoms with E-state index in [1.807, 2.05) is 13.8 Å². The summed E-state index contributed by atoms with van der Waals surface area (Å²) in [5.41, 5.74) is 2.21. The second-order valence-corrected chi connectivity index (χ2v) is 4.57. The van der Waals surface area contributed by atoms with Crippen LogP contribution in [-0.2, 0) is 0 Å². The third-order valence-corrected chi connectivity index (χ3v) is 2.97. The predicted octanol–water partition coefficient (Wildman–Crippen LogP) is 4.15. The maximum Gasteiger partial charge on any atom is 0.126 e. The van der Waals surface area contributed by atoms with Crippen LogP contribution in [0.4, 0.5) is 14.5 Å². The summed E-state index contributed by atoms with van der Waals surface area (Å²) < 4.78 is 26.3. The normalized spacial score (nSPS) is 12.2. The topological polar surface area (TPSA) is 32.3 Å². The van der Waals surface area contributed by atoms with Gasteiger partial charge in [0, 0.05) is 17.8 Å². The first-order valence-corrected chi connectivity index (χ1v) is 5.98. The molecule has 0 spiro atoms. The highest BCUT2D eigenvalue weighted by molar-refractivity contribution is 5.54. The third-order valence-electron chi connectivity index (χ3n) is 2.97. The zero-order valence-electron chi connectivity index (χ0n) is 10.7. The molecule has 0 heterocycles. The molecular formula is C15H15F2NO. The van der Waals surface area contributed by atoms with E-state index in [4.69, 9.17) is 0 Å². The Balaban J connectivity index is 2.22. The molecule has 100 valence electrons. The smallest absolute Gasteiger partial charge is 0.126 e. The van der Waals surface area contributed by atoms with Crippen LogP contribution in [-0.4, -0.2) is 5.11 Å². The van der Waals surface area contributed by atoms with Crippen LogP contribution in [0.15, 0.2) is 36.4 Å². The zero-order chi connectivity index (χ0) is 14.0. The second kappa shape index (κ2) is 5.26. The van der Waals surface area contributed by atoms with Gasteiger partial charge >= 0.3 is 0 Å². The summed E-state index contributed by atoms with van der Waals surface area (Å²) in [6.07, 6.45) is 0. The Morgan fingerprint density at radius 3 is 2.26 bits per heavy atom. The van der Waals surface area contributed by atoms with Gasteiger partial charge in [-0.1, -0.05) is 0 Å². The summed E-state index contributed by atoms with van der Waals surface area (Å²) in [6, 6.07) is 8.13. The lowest BCUT2D eigenvalue weighted by molar-refractivity contribution is 0.475. The number of anilines is 1. The van der Waals surface area contributed by atoms with Gasteiger partial charge in [0.05, 0.1) is 0 Å². The standard InChI is InChI=1S/C15H15F2NO/c1-9-5-14(19)3-4-15(9)18-10(2)11-6-12(16)8-13(17)7-11/h3-8,10,18-19H,1-2H3. The number of hydrogen-bond donors (Lipinski definition) is 2. The number of aromatic hydroxyl groups is 1. The molecule has 0 saturated heterocycles. The molecule has 0 fully saturated rings. The molecule has 2 nitrogen and oxygen atoms in total. The maximum atomic E-state index is 13.2. The van der Waals surface area contributed by atoms with Gasteiger partial charge in [0.25, 0.3) is 0 Å². The highest BCUT2D eigenvalue weighted by atomic mass is 19.1. The van der Waals surface area contributed by atoms with Crippen molar-refractivity contribution in [2.45, 2.75) is 19.9 Å². The highest BCUT2D eigenvalue weighted by Gasteiger charge is 2.10. The second-order valence-electron chi connectivity index (χ2n) is 4.57. The lowest BCUT2D eigenvalue weighted by atomic mass is 10.1. The Morgan fingerprint density at radius 2 is 1.68 bits per heavy atom. The molecule has 0 saturated carbocycles. The number of benzene rings is 2. The molecule has 0 aromatic heterocycles. The summed E-state index contributed by atoms with van der Waals surface area (Å²) >= 11 is 0. The van der Waals surface area contributed by atoms with Crippen LogP contribution in [0.1, 0.15) is 24.1 Å². The number of phenolic OH excluding ortho intramolecular Hbond substituents is 1. The molecule has 2 aromatic rings. The van der Waals surface area contributed by atoms with Crippen LogP contribution >= 0.6 is 0 Å². The van der Waals surface area contributed by atoms with Crippen LogP contribution < -0.4 is 5.32 Å². The van der Waals surface area contributed by atoms with Gasteiger partial charge in [-0.25, -0.2) is 8.78 Å². The minimum atomic E-state index is -0.592. The van der Waals surface area contributed by atoms with Crippen molar-refractivity contribution in [3.05, 3.63) is 59.2 Å². The molecule has 0 bridgehead atoms. The fraction of sp³-hybridized carbons (Fsp3) is 0.200. The maximum absolute atomic E-state index is 13.2. The molecule has 2 aromatic carbocycles. The number of aryl methyl sites for hydroxylation is 1. The van der Waals surface area contributed by atoms with E-state index in [-0.39, 0.29) is 11.8 Å². The molecule has 1 atom stereocenters. The number of rotatable bonds is 3. The quantitative estimate of drug-likeness (QED) is 0.815. The molecule has 2 N–H and O–H groups in total. The number of halogens is 2. The Bertz CT molecular complexity index is 578. The zero-order valence-corrected chi connectivity index (χ0v) is 10.7. The molecule has 2 rings (SSSR count). The van der Waals surface area contributed by atoms with Gasteiger partial charge in [0.2, 0.25) is 0 Å². The van der Waals surface area contributed by atoms with Crippen molar-refractivity contribution < 1.29 is 13.9 Å². The van der Waals surface area contributed by atoms with Gasteiger partial charge in [0.15, 0.2) is 0 Å². The van der Waals surface area contributed by atoms with Crippen molar-refractivity contribution in [3.8, 4) is 5.75 Å². The predicted molar refractivity (Wildman–Crippen MR) is 71.2 cm³/mol. The van der Waals surface area contributed by atoms with Gasteiger partial charge < -0.3 is 10.4 Å². The Labute approximate surface area is 110 Å². The molecule has 4 heteroatoms. The fourth-order valence-corrected chi connectivity index (χ4v) is 1.95. The molecule has 0 aliphatic heterocycles. The Hall–Kier alpha value is -2.10. The lowest BCUT2D eigenvalue weighted by Crippen LogP contribution is -2.08. The van der Waals surface area contributed by atoms with Crippen LogP contribution in [0.25, 0.3) is 0 Å². The Kier molecular flexibility index (Phi) is 3.69. The van der Waals surface area contributed by atoms with E-state index in [1.165, 1.54) is 12.1 Å². The van der Waals surface area contributed by atoms with Crippen molar-refractivity contribution in [1.82, 2.24) is 0 Å². The molecule has 0 aliphatic carbocycles. The van der Waals surface area contributed by atoms with Crippen molar-refractivity contribution >= 4 is 5.69 Å². The van der Waals surface area contributed by atoms with E-state index in [1.54, 1.807) is 18.2 Å². The first kappa shape index (κ1) is 13.3. The van der Waals surface area contributed by atoms with Crippen molar-refractivity contribution in [1.29, 1.82) is 0 Å². The number of phenols is 1. The summed E-state index contributed by atoms with van der Waals surface area (Å²) in [4.78, 5) is 0. The SMILES string of the molecule is Cc1cc(O)ccc1NC(C)c1cc(F)cc(F)c1. The van der Waals surface area contributed by atoms with Crippen LogP contribution in [0.5, 0.6) is 5.75 Å². The van der Waals surface area contributed by atoms with Crippen LogP contribution in [0.3, 0.4) is 0 Å². The van der Waals surface area contributed by atoms with Crippen LogP contribution in [0.2, 0.25) is 0 Å². The lowest BCUT2D eigenvalue weighted by Gasteiger charge is -2.17. The molecule has 1 unspecified atom stereocenters. The van der Waals surface area contributed by atoms with E-state index in [0.717, 1.165) is 17.3 Å². The van der Waals surface area contributed by atoms with Gasteiger partial charge in [-0.2, -0.15) is 0 Å². The molecule has 0 aliphatic rings. The summed E-state index contributed by atoms with van der Waals surface area (Å²) in [5.74, 6) is -0.996. The average molecular weight is 263 g/mol. The molecule has 0 amide bonds. The third kappa shape index (κ3) is 3.22.